The van der Waals surface area contributed by atoms with Gasteiger partial charge in [0.1, 0.15) is 0 Å². The number of hydrogen-bond acceptors (Lipinski definition) is 4. The van der Waals surface area contributed by atoms with Crippen LogP contribution in [0.3, 0.4) is 0 Å². The summed E-state index contributed by atoms with van der Waals surface area (Å²) in [6, 6.07) is 27.6. The number of hydrogen-bond donors (Lipinski definition) is 1. The molecule has 1 heterocycles. The number of phenols is 1. The number of piperazine rings is 1. The third-order valence-electron chi connectivity index (χ3n) is 6.61. The summed E-state index contributed by atoms with van der Waals surface area (Å²) >= 11 is 0. The summed E-state index contributed by atoms with van der Waals surface area (Å²) in [5.74, 6) is 0.714. The highest BCUT2D eigenvalue weighted by atomic mass is 16.5. The standard InChI is InChI=1S/C27H32N2O2/c1-27(19-21-14-15-25(31-3)24(30)18-21)20-29(17-16-28(27)2)26(22-10-6-4-7-11-22)23-12-8-5-9-13-23/h4-15,18,26,30H,16-17,19-20H2,1-3H3. The van der Waals surface area contributed by atoms with E-state index in [1.807, 2.05) is 12.1 Å². The van der Waals surface area contributed by atoms with E-state index in [2.05, 4.69) is 90.5 Å². The van der Waals surface area contributed by atoms with Gasteiger partial charge < -0.3 is 9.84 Å². The molecule has 4 rings (SSSR count). The van der Waals surface area contributed by atoms with Crippen LogP contribution in [0.2, 0.25) is 0 Å². The third-order valence-corrected chi connectivity index (χ3v) is 6.61. The number of rotatable bonds is 6. The van der Waals surface area contributed by atoms with Gasteiger partial charge in [-0.15, -0.1) is 0 Å². The first-order chi connectivity index (χ1) is 15.0. The van der Waals surface area contributed by atoms with Gasteiger partial charge in [0.15, 0.2) is 11.5 Å². The van der Waals surface area contributed by atoms with Gasteiger partial charge >= 0.3 is 0 Å². The van der Waals surface area contributed by atoms with Crippen LogP contribution < -0.4 is 4.74 Å². The van der Waals surface area contributed by atoms with Crippen molar-refractivity contribution in [2.24, 2.45) is 0 Å². The Morgan fingerprint density at radius 1 is 0.935 bits per heavy atom. The zero-order valence-electron chi connectivity index (χ0n) is 18.7. The van der Waals surface area contributed by atoms with Crippen molar-refractivity contribution in [3.05, 3.63) is 95.6 Å². The largest absolute Gasteiger partial charge is 0.504 e. The second-order valence-corrected chi connectivity index (χ2v) is 8.80. The van der Waals surface area contributed by atoms with Crippen LogP contribution in [-0.2, 0) is 6.42 Å². The van der Waals surface area contributed by atoms with Gasteiger partial charge in [-0.2, -0.15) is 0 Å². The third kappa shape index (κ3) is 4.60. The molecule has 0 aromatic heterocycles. The predicted octanol–water partition coefficient (Wildman–Crippen LogP) is 4.74. The van der Waals surface area contributed by atoms with E-state index in [0.29, 0.717) is 5.75 Å². The molecule has 0 amide bonds. The van der Waals surface area contributed by atoms with Crippen molar-refractivity contribution >= 4 is 0 Å². The molecule has 162 valence electrons. The summed E-state index contributed by atoms with van der Waals surface area (Å²) in [5, 5.41) is 10.3. The molecule has 1 atom stereocenters. The van der Waals surface area contributed by atoms with Crippen molar-refractivity contribution in [1.82, 2.24) is 9.80 Å². The van der Waals surface area contributed by atoms with Crippen LogP contribution in [-0.4, -0.2) is 54.2 Å². The summed E-state index contributed by atoms with van der Waals surface area (Å²) in [5.41, 5.74) is 3.71. The van der Waals surface area contributed by atoms with E-state index >= 15 is 0 Å². The van der Waals surface area contributed by atoms with Gasteiger partial charge in [0, 0.05) is 25.2 Å². The molecule has 4 heteroatoms. The molecule has 4 nitrogen and oxygen atoms in total. The average Bonchev–Trinajstić information content (AvgIpc) is 2.78. The molecular formula is C27H32N2O2. The van der Waals surface area contributed by atoms with Gasteiger partial charge in [-0.05, 0) is 49.2 Å². The Labute approximate surface area is 185 Å². The molecule has 1 fully saturated rings. The van der Waals surface area contributed by atoms with Crippen molar-refractivity contribution in [3.63, 3.8) is 0 Å². The molecule has 0 spiro atoms. The van der Waals surface area contributed by atoms with Crippen LogP contribution >= 0.6 is 0 Å². The summed E-state index contributed by atoms with van der Waals surface area (Å²) in [4.78, 5) is 5.06. The second-order valence-electron chi connectivity index (χ2n) is 8.80. The molecule has 1 aliphatic heterocycles. The highest BCUT2D eigenvalue weighted by molar-refractivity contribution is 5.42. The Kier molecular flexibility index (Phi) is 6.30. The summed E-state index contributed by atoms with van der Waals surface area (Å²) < 4.78 is 5.21. The van der Waals surface area contributed by atoms with Gasteiger partial charge in [0.25, 0.3) is 0 Å². The van der Waals surface area contributed by atoms with Gasteiger partial charge in [0.05, 0.1) is 13.2 Å². The number of methoxy groups -OCH3 is 1. The number of benzene rings is 3. The first-order valence-electron chi connectivity index (χ1n) is 10.9. The second kappa shape index (κ2) is 9.13. The van der Waals surface area contributed by atoms with E-state index in [1.54, 1.807) is 7.11 Å². The van der Waals surface area contributed by atoms with Crippen LogP contribution in [0.15, 0.2) is 78.9 Å². The van der Waals surface area contributed by atoms with E-state index in [9.17, 15) is 5.11 Å². The average molecular weight is 417 g/mol. The summed E-state index contributed by atoms with van der Waals surface area (Å²) in [7, 11) is 3.79. The minimum Gasteiger partial charge on any atom is -0.504 e. The topological polar surface area (TPSA) is 35.9 Å². The van der Waals surface area contributed by atoms with E-state index in [0.717, 1.165) is 31.6 Å². The molecule has 3 aromatic rings. The van der Waals surface area contributed by atoms with Crippen molar-refractivity contribution in [3.8, 4) is 11.5 Å². The van der Waals surface area contributed by atoms with Crippen LogP contribution in [0, 0.1) is 0 Å². The summed E-state index contributed by atoms with van der Waals surface area (Å²) in [6.45, 7) is 5.27. The van der Waals surface area contributed by atoms with Crippen LogP contribution in [0.1, 0.15) is 29.7 Å². The molecule has 0 aliphatic carbocycles. The van der Waals surface area contributed by atoms with E-state index in [4.69, 9.17) is 4.74 Å². The van der Waals surface area contributed by atoms with Gasteiger partial charge in [0.2, 0.25) is 0 Å². The fourth-order valence-electron chi connectivity index (χ4n) is 4.77. The molecule has 31 heavy (non-hydrogen) atoms. The lowest BCUT2D eigenvalue weighted by Gasteiger charge is -2.50. The lowest BCUT2D eigenvalue weighted by atomic mass is 9.86. The fourth-order valence-corrected chi connectivity index (χ4v) is 4.77. The highest BCUT2D eigenvalue weighted by Crippen LogP contribution is 2.35. The molecular weight excluding hydrogens is 384 g/mol. The zero-order chi connectivity index (χ0) is 21.8. The normalized spacial score (nSPS) is 20.1. The first-order valence-corrected chi connectivity index (χ1v) is 10.9. The molecule has 0 bridgehead atoms. The van der Waals surface area contributed by atoms with Gasteiger partial charge in [-0.25, -0.2) is 0 Å². The maximum absolute atomic E-state index is 10.3. The highest BCUT2D eigenvalue weighted by Gasteiger charge is 2.38. The number of phenolic OH excluding ortho intramolecular Hbond substituents is 1. The Hall–Kier alpha value is -2.82. The molecule has 1 unspecified atom stereocenters. The molecule has 1 aliphatic rings. The van der Waals surface area contributed by atoms with Gasteiger partial charge in [-0.3, -0.25) is 9.80 Å². The molecule has 0 saturated carbocycles. The smallest absolute Gasteiger partial charge is 0.160 e. The Bertz CT molecular complexity index is 953. The van der Waals surface area contributed by atoms with E-state index < -0.39 is 0 Å². The first kappa shape index (κ1) is 21.4. The van der Waals surface area contributed by atoms with Crippen LogP contribution in [0.25, 0.3) is 0 Å². The lowest BCUT2D eigenvalue weighted by Crippen LogP contribution is -2.60. The van der Waals surface area contributed by atoms with E-state index in [-0.39, 0.29) is 17.3 Å². The van der Waals surface area contributed by atoms with Crippen molar-refractivity contribution in [2.45, 2.75) is 24.9 Å². The number of ether oxygens (including phenoxy) is 1. The van der Waals surface area contributed by atoms with Crippen LogP contribution in [0.5, 0.6) is 11.5 Å². The summed E-state index contributed by atoms with van der Waals surface area (Å²) in [6.07, 6.45) is 0.855. The van der Waals surface area contributed by atoms with Crippen molar-refractivity contribution in [2.75, 3.05) is 33.8 Å². The minimum absolute atomic E-state index is 0.0545. The van der Waals surface area contributed by atoms with Gasteiger partial charge in [-0.1, -0.05) is 66.7 Å². The fraction of sp³-hybridized carbons (Fsp3) is 0.333. The minimum atomic E-state index is -0.0545. The lowest BCUT2D eigenvalue weighted by molar-refractivity contribution is 0.0133. The quantitative estimate of drug-likeness (QED) is 0.630. The molecule has 1 N–H and O–H groups in total. The molecule has 1 saturated heterocycles. The predicted molar refractivity (Wildman–Crippen MR) is 126 cm³/mol. The Morgan fingerprint density at radius 3 is 2.10 bits per heavy atom. The van der Waals surface area contributed by atoms with Crippen molar-refractivity contribution < 1.29 is 9.84 Å². The Balaban J connectivity index is 1.63. The SMILES string of the molecule is COc1ccc(CC2(C)CN(C(c3ccccc3)c3ccccc3)CCN2C)cc1O. The Morgan fingerprint density at radius 2 is 1.55 bits per heavy atom. The van der Waals surface area contributed by atoms with Crippen molar-refractivity contribution in [1.29, 1.82) is 0 Å². The molecule has 0 radical (unpaired) electrons. The molecule has 3 aromatic carbocycles. The van der Waals surface area contributed by atoms with Crippen LogP contribution in [0.4, 0.5) is 0 Å². The number of likely N-dealkylation sites (N-methyl/N-ethyl adjacent to an activating group) is 1. The van der Waals surface area contributed by atoms with E-state index in [1.165, 1.54) is 11.1 Å². The monoisotopic (exact) mass is 416 g/mol. The maximum atomic E-state index is 10.3. The number of nitrogens with zero attached hydrogens (tertiary/aromatic N) is 2. The zero-order valence-corrected chi connectivity index (χ0v) is 18.7. The number of aromatic hydroxyl groups is 1. The maximum Gasteiger partial charge on any atom is 0.160 e.